The Morgan fingerprint density at radius 3 is 2.53 bits per heavy atom. The Hall–Kier alpha value is -2.05. The van der Waals surface area contributed by atoms with Crippen LogP contribution >= 0.6 is 0 Å². The molecule has 1 N–H and O–H groups in total. The van der Waals surface area contributed by atoms with Crippen LogP contribution in [-0.4, -0.2) is 22.2 Å². The van der Waals surface area contributed by atoms with Gasteiger partial charge in [0.1, 0.15) is 5.82 Å². The maximum absolute atomic E-state index is 11.7. The summed E-state index contributed by atoms with van der Waals surface area (Å²) in [5.74, 6) is 0.384. The van der Waals surface area contributed by atoms with E-state index in [2.05, 4.69) is 5.32 Å². The van der Waals surface area contributed by atoms with Crippen molar-refractivity contribution in [2.24, 2.45) is 14.1 Å². The minimum atomic E-state index is -0.467. The zero-order chi connectivity index (χ0) is 11.2. The smallest absolute Gasteiger partial charge is 0.332 e. The van der Waals surface area contributed by atoms with Crippen LogP contribution in [0.4, 0.5) is 11.5 Å². The molecular formula is C8H10N4O3. The van der Waals surface area contributed by atoms with Crippen molar-refractivity contribution in [3.63, 3.8) is 0 Å². The Bertz CT molecular complexity index is 542. The van der Waals surface area contributed by atoms with Crippen LogP contribution in [0.25, 0.3) is 0 Å². The summed E-state index contributed by atoms with van der Waals surface area (Å²) in [7, 11) is 2.92. The molecule has 0 bridgehead atoms. The van der Waals surface area contributed by atoms with Crippen LogP contribution in [0.15, 0.2) is 9.59 Å². The highest BCUT2D eigenvalue weighted by Gasteiger charge is 2.25. The molecule has 1 aliphatic rings. The second-order valence-corrected chi connectivity index (χ2v) is 3.31. The van der Waals surface area contributed by atoms with Gasteiger partial charge in [0.25, 0.3) is 5.56 Å². The summed E-state index contributed by atoms with van der Waals surface area (Å²) in [6, 6.07) is 0. The lowest BCUT2D eigenvalue weighted by Crippen LogP contribution is -2.38. The molecule has 0 aliphatic carbocycles. The molecule has 0 saturated carbocycles. The van der Waals surface area contributed by atoms with Crippen LogP contribution in [0.3, 0.4) is 0 Å². The van der Waals surface area contributed by atoms with Gasteiger partial charge < -0.3 is 5.32 Å². The molecule has 7 heteroatoms. The van der Waals surface area contributed by atoms with Gasteiger partial charge in [0.05, 0.1) is 6.67 Å². The largest absolute Gasteiger partial charge is 0.352 e. The van der Waals surface area contributed by atoms with Crippen LogP contribution in [0.1, 0.15) is 0 Å². The van der Waals surface area contributed by atoms with Gasteiger partial charge in [-0.1, -0.05) is 0 Å². The number of aromatic nitrogens is 2. The van der Waals surface area contributed by atoms with Gasteiger partial charge in [-0.3, -0.25) is 23.6 Å². The zero-order valence-corrected chi connectivity index (χ0v) is 8.35. The molecule has 15 heavy (non-hydrogen) atoms. The Balaban J connectivity index is 2.87. The Labute approximate surface area is 84.5 Å². The van der Waals surface area contributed by atoms with Gasteiger partial charge in [0.2, 0.25) is 6.41 Å². The quantitative estimate of drug-likeness (QED) is 0.568. The number of carbonyl (C=O) groups is 1. The van der Waals surface area contributed by atoms with Crippen LogP contribution in [0.2, 0.25) is 0 Å². The molecule has 80 valence electrons. The fourth-order valence-corrected chi connectivity index (χ4v) is 1.62. The first-order chi connectivity index (χ1) is 7.07. The molecule has 1 aromatic heterocycles. The average Bonchev–Trinajstić information content (AvgIpc) is 2.67. The van der Waals surface area contributed by atoms with Gasteiger partial charge in [-0.25, -0.2) is 4.79 Å². The number of nitrogens with zero attached hydrogens (tertiary/aromatic N) is 3. The van der Waals surface area contributed by atoms with Crippen molar-refractivity contribution in [3.05, 3.63) is 20.8 Å². The topological polar surface area (TPSA) is 76.3 Å². The minimum Gasteiger partial charge on any atom is -0.352 e. The predicted molar refractivity (Wildman–Crippen MR) is 54.0 cm³/mol. The standard InChI is InChI=1S/C8H10N4O3/c1-10-6-5(12(4-13)3-9-6)7(14)11(2)8(10)15/h4,9H,3H2,1-2H3. The van der Waals surface area contributed by atoms with Crippen molar-refractivity contribution in [1.29, 1.82) is 0 Å². The third kappa shape index (κ3) is 1.09. The van der Waals surface area contributed by atoms with Crippen molar-refractivity contribution >= 4 is 17.9 Å². The molecule has 2 rings (SSSR count). The van der Waals surface area contributed by atoms with E-state index in [9.17, 15) is 14.4 Å². The van der Waals surface area contributed by atoms with Gasteiger partial charge in [0, 0.05) is 14.1 Å². The molecule has 0 aromatic carbocycles. The zero-order valence-electron chi connectivity index (χ0n) is 8.35. The second kappa shape index (κ2) is 2.97. The van der Waals surface area contributed by atoms with E-state index < -0.39 is 11.2 Å². The van der Waals surface area contributed by atoms with E-state index in [1.165, 1.54) is 16.5 Å². The van der Waals surface area contributed by atoms with Crippen LogP contribution in [-0.2, 0) is 18.9 Å². The highest BCUT2D eigenvalue weighted by molar-refractivity contribution is 5.85. The molecule has 0 unspecified atom stereocenters. The van der Waals surface area contributed by atoms with Crippen molar-refractivity contribution in [2.75, 3.05) is 16.9 Å². The number of hydrogen-bond acceptors (Lipinski definition) is 4. The molecule has 0 fully saturated rings. The Kier molecular flexibility index (Phi) is 1.88. The number of carbonyl (C=O) groups excluding carboxylic acids is 1. The summed E-state index contributed by atoms with van der Waals surface area (Å²) < 4.78 is 2.28. The molecule has 7 nitrogen and oxygen atoms in total. The predicted octanol–water partition coefficient (Wildman–Crippen LogP) is -1.57. The van der Waals surface area contributed by atoms with Gasteiger partial charge >= 0.3 is 5.69 Å². The first-order valence-corrected chi connectivity index (χ1v) is 4.33. The maximum Gasteiger partial charge on any atom is 0.332 e. The number of anilines is 2. The van der Waals surface area contributed by atoms with E-state index in [0.29, 0.717) is 12.2 Å². The lowest BCUT2D eigenvalue weighted by Gasteiger charge is -2.09. The summed E-state index contributed by atoms with van der Waals surface area (Å²) in [4.78, 5) is 35.1. The highest BCUT2D eigenvalue weighted by atomic mass is 16.2. The summed E-state index contributed by atoms with van der Waals surface area (Å²) in [6.45, 7) is 0.214. The van der Waals surface area contributed by atoms with Gasteiger partial charge in [0.15, 0.2) is 5.69 Å². The van der Waals surface area contributed by atoms with E-state index in [-0.39, 0.29) is 12.4 Å². The Morgan fingerprint density at radius 1 is 1.27 bits per heavy atom. The molecule has 1 amide bonds. The summed E-state index contributed by atoms with van der Waals surface area (Å²) >= 11 is 0. The average molecular weight is 210 g/mol. The summed E-state index contributed by atoms with van der Waals surface area (Å²) in [5.41, 5.74) is -0.668. The van der Waals surface area contributed by atoms with E-state index in [1.54, 1.807) is 7.05 Å². The van der Waals surface area contributed by atoms with E-state index >= 15 is 0 Å². The molecular weight excluding hydrogens is 200 g/mol. The lowest BCUT2D eigenvalue weighted by atomic mass is 10.4. The van der Waals surface area contributed by atoms with Crippen LogP contribution < -0.4 is 21.5 Å². The number of fused-ring (bicyclic) bond motifs is 1. The van der Waals surface area contributed by atoms with Gasteiger partial charge in [-0.2, -0.15) is 0 Å². The molecule has 2 heterocycles. The van der Waals surface area contributed by atoms with Gasteiger partial charge in [-0.15, -0.1) is 0 Å². The van der Waals surface area contributed by atoms with Crippen molar-refractivity contribution in [2.45, 2.75) is 0 Å². The second-order valence-electron chi connectivity index (χ2n) is 3.31. The maximum atomic E-state index is 11.7. The third-order valence-electron chi connectivity index (χ3n) is 2.47. The molecule has 0 atom stereocenters. The summed E-state index contributed by atoms with van der Waals surface area (Å²) in [5, 5.41) is 2.82. The van der Waals surface area contributed by atoms with Gasteiger partial charge in [-0.05, 0) is 0 Å². The number of nitrogens with one attached hydrogen (secondary N) is 1. The van der Waals surface area contributed by atoms with Crippen molar-refractivity contribution < 1.29 is 4.79 Å². The van der Waals surface area contributed by atoms with E-state index in [0.717, 1.165) is 4.57 Å². The molecule has 1 aliphatic heterocycles. The number of amides is 1. The number of hydrogen-bond donors (Lipinski definition) is 1. The summed E-state index contributed by atoms with van der Waals surface area (Å²) in [6.07, 6.45) is 0.560. The molecule has 1 aromatic rings. The third-order valence-corrected chi connectivity index (χ3v) is 2.47. The number of rotatable bonds is 1. The monoisotopic (exact) mass is 210 g/mol. The first kappa shape index (κ1) is 9.50. The fourth-order valence-electron chi connectivity index (χ4n) is 1.62. The minimum absolute atomic E-state index is 0.214. The van der Waals surface area contributed by atoms with Crippen LogP contribution in [0, 0.1) is 0 Å². The fraction of sp³-hybridized carbons (Fsp3) is 0.375. The highest BCUT2D eigenvalue weighted by Crippen LogP contribution is 2.23. The molecule has 0 spiro atoms. The normalized spacial score (nSPS) is 13.6. The Morgan fingerprint density at radius 2 is 1.93 bits per heavy atom. The molecule has 0 radical (unpaired) electrons. The van der Waals surface area contributed by atoms with E-state index in [1.807, 2.05) is 0 Å². The van der Waals surface area contributed by atoms with Crippen molar-refractivity contribution in [3.8, 4) is 0 Å². The molecule has 0 saturated heterocycles. The van der Waals surface area contributed by atoms with Crippen LogP contribution in [0.5, 0.6) is 0 Å². The lowest BCUT2D eigenvalue weighted by molar-refractivity contribution is -0.107. The van der Waals surface area contributed by atoms with E-state index in [4.69, 9.17) is 0 Å². The SMILES string of the molecule is Cn1c2c(c(=O)n(C)c1=O)N(C=O)CN2. The van der Waals surface area contributed by atoms with Crippen molar-refractivity contribution in [1.82, 2.24) is 9.13 Å². The first-order valence-electron chi connectivity index (χ1n) is 4.33.